The first-order chi connectivity index (χ1) is 12.2. The van der Waals surface area contributed by atoms with E-state index in [4.69, 9.17) is 17.3 Å². The van der Waals surface area contributed by atoms with Crippen molar-refractivity contribution >= 4 is 17.6 Å². The average Bonchev–Trinajstić information content (AvgIpc) is 2.88. The molecule has 5 nitrogen and oxygen atoms in total. The number of aliphatic imine (C=N–C) groups is 1. The molecule has 0 amide bonds. The molecule has 1 aliphatic rings. The van der Waals surface area contributed by atoms with Crippen molar-refractivity contribution in [2.45, 2.75) is 12.2 Å². The third-order valence-electron chi connectivity index (χ3n) is 4.21. The number of nitrogens with two attached hydrogens (primary N) is 1. The zero-order chi connectivity index (χ0) is 19.1. The van der Waals surface area contributed by atoms with Gasteiger partial charge in [0.1, 0.15) is 11.3 Å². The highest BCUT2D eigenvalue weighted by atomic mass is 35.5. The van der Waals surface area contributed by atoms with Crippen LogP contribution in [-0.4, -0.2) is 36.2 Å². The number of alkyl halides is 2. The van der Waals surface area contributed by atoms with Gasteiger partial charge >= 0.3 is 6.61 Å². The van der Waals surface area contributed by atoms with Crippen LogP contribution in [0.5, 0.6) is 11.5 Å². The van der Waals surface area contributed by atoms with E-state index in [0.29, 0.717) is 11.1 Å². The summed E-state index contributed by atoms with van der Waals surface area (Å²) in [7, 11) is 1.72. The second-order valence-electron chi connectivity index (χ2n) is 5.88. The Kier molecular flexibility index (Phi) is 4.62. The van der Waals surface area contributed by atoms with Crippen LogP contribution in [0.3, 0.4) is 0 Å². The third-order valence-corrected chi connectivity index (χ3v) is 4.51. The maximum absolute atomic E-state index is 13.5. The first kappa shape index (κ1) is 18.2. The van der Waals surface area contributed by atoms with Crippen molar-refractivity contribution in [3.63, 3.8) is 0 Å². The smallest absolute Gasteiger partial charge is 0.387 e. The zero-order valence-electron chi connectivity index (χ0n) is 13.6. The number of hydrogen-bond donors (Lipinski definition) is 2. The van der Waals surface area contributed by atoms with Gasteiger partial charge in [-0.1, -0.05) is 23.7 Å². The van der Waals surface area contributed by atoms with Gasteiger partial charge in [-0.15, -0.1) is 0 Å². The summed E-state index contributed by atoms with van der Waals surface area (Å²) in [6.45, 7) is -2.72. The molecule has 0 aromatic heterocycles. The number of halogens is 4. The number of guanidine groups is 1. The fourth-order valence-electron chi connectivity index (χ4n) is 2.94. The highest BCUT2D eigenvalue weighted by Crippen LogP contribution is 2.42. The molecule has 9 heteroatoms. The van der Waals surface area contributed by atoms with E-state index >= 15 is 0 Å². The van der Waals surface area contributed by atoms with Crippen molar-refractivity contribution in [1.29, 1.82) is 0 Å². The van der Waals surface area contributed by atoms with E-state index in [1.54, 1.807) is 11.9 Å². The average molecular weight is 386 g/mol. The molecule has 3 rings (SSSR count). The summed E-state index contributed by atoms with van der Waals surface area (Å²) < 4.78 is 42.7. The molecule has 2 aromatic rings. The third kappa shape index (κ3) is 3.12. The Hall–Kier alpha value is -2.61. The van der Waals surface area contributed by atoms with Gasteiger partial charge in [-0.3, -0.25) is 0 Å². The zero-order valence-corrected chi connectivity index (χ0v) is 14.3. The lowest BCUT2D eigenvalue weighted by molar-refractivity contribution is -0.0498. The van der Waals surface area contributed by atoms with Gasteiger partial charge in [-0.05, 0) is 35.4 Å². The second kappa shape index (κ2) is 6.60. The van der Waals surface area contributed by atoms with Crippen molar-refractivity contribution in [2.75, 3.05) is 13.6 Å². The molecule has 0 saturated heterocycles. The minimum atomic E-state index is -3.01. The van der Waals surface area contributed by atoms with E-state index < -0.39 is 23.7 Å². The molecule has 0 spiro atoms. The molecule has 0 bridgehead atoms. The Morgan fingerprint density at radius 2 is 1.92 bits per heavy atom. The Morgan fingerprint density at radius 3 is 2.46 bits per heavy atom. The van der Waals surface area contributed by atoms with Gasteiger partial charge in [0.15, 0.2) is 17.5 Å². The highest BCUT2D eigenvalue weighted by Gasteiger charge is 2.41. The van der Waals surface area contributed by atoms with Gasteiger partial charge in [0.2, 0.25) is 0 Å². The van der Waals surface area contributed by atoms with Gasteiger partial charge in [0, 0.05) is 7.05 Å². The summed E-state index contributed by atoms with van der Waals surface area (Å²) in [6, 6.07) is 8.12. The predicted octanol–water partition coefficient (Wildman–Crippen LogP) is 3.29. The van der Waals surface area contributed by atoms with Crippen molar-refractivity contribution in [3.05, 3.63) is 58.4 Å². The lowest BCUT2D eigenvalue weighted by atomic mass is 9.83. The molecule has 26 heavy (non-hydrogen) atoms. The highest BCUT2D eigenvalue weighted by molar-refractivity contribution is 6.32. The van der Waals surface area contributed by atoms with Crippen molar-refractivity contribution < 1.29 is 23.0 Å². The number of nitrogens with zero attached hydrogens (tertiary/aromatic N) is 2. The summed E-state index contributed by atoms with van der Waals surface area (Å²) in [5, 5.41) is 9.72. The van der Waals surface area contributed by atoms with Gasteiger partial charge in [-0.2, -0.15) is 8.78 Å². The molecular weight excluding hydrogens is 371 g/mol. The molecule has 138 valence electrons. The maximum atomic E-state index is 13.5. The quantitative estimate of drug-likeness (QED) is 0.847. The van der Waals surface area contributed by atoms with Gasteiger partial charge in [0.25, 0.3) is 0 Å². The number of aromatic hydroxyl groups is 1. The van der Waals surface area contributed by atoms with Crippen LogP contribution < -0.4 is 10.5 Å². The number of ether oxygens (including phenoxy) is 1. The largest absolute Gasteiger partial charge is 0.505 e. The van der Waals surface area contributed by atoms with Crippen LogP contribution >= 0.6 is 11.6 Å². The number of phenolic OH excluding ortho intramolecular Hbond substituents is 1. The normalized spacial score (nSPS) is 19.8. The van der Waals surface area contributed by atoms with Gasteiger partial charge < -0.3 is 20.5 Å². The van der Waals surface area contributed by atoms with Crippen LogP contribution in [0.15, 0.2) is 41.4 Å². The Morgan fingerprint density at radius 1 is 1.27 bits per heavy atom. The Labute approximate surface area is 152 Å². The Bertz CT molecular complexity index is 878. The molecule has 1 unspecified atom stereocenters. The minimum Gasteiger partial charge on any atom is -0.505 e. The van der Waals surface area contributed by atoms with Crippen LogP contribution in [0.25, 0.3) is 0 Å². The van der Waals surface area contributed by atoms with Crippen LogP contribution in [0.4, 0.5) is 13.2 Å². The Balaban J connectivity index is 2.14. The van der Waals surface area contributed by atoms with E-state index in [9.17, 15) is 18.3 Å². The number of rotatable bonds is 4. The number of likely N-dealkylation sites (N-methyl/N-ethyl adjacent to an activating group) is 1. The van der Waals surface area contributed by atoms with E-state index in [2.05, 4.69) is 9.73 Å². The summed E-state index contributed by atoms with van der Waals surface area (Å²) in [5.41, 5.74) is 5.83. The molecule has 0 saturated carbocycles. The minimum absolute atomic E-state index is 0.0307. The molecule has 1 aliphatic heterocycles. The summed E-state index contributed by atoms with van der Waals surface area (Å²) in [5.74, 6) is -1.25. The topological polar surface area (TPSA) is 71.1 Å². The SMILES string of the molecule is CN1CC(c2ccc(F)c(O)c2)(c2ccc(OC(F)F)c(Cl)c2)N=C1N. The first-order valence-corrected chi connectivity index (χ1v) is 7.91. The second-order valence-corrected chi connectivity index (χ2v) is 6.28. The number of benzene rings is 2. The van der Waals surface area contributed by atoms with Gasteiger partial charge in [-0.25, -0.2) is 9.38 Å². The molecular formula is C17H15ClF3N3O2. The van der Waals surface area contributed by atoms with Crippen molar-refractivity contribution in [2.24, 2.45) is 10.7 Å². The molecule has 1 heterocycles. The number of hydrogen-bond acceptors (Lipinski definition) is 5. The monoisotopic (exact) mass is 385 g/mol. The standard InChI is InChI=1S/C17H15ClF3N3O2/c1-24-8-17(23-16(24)22,10-2-4-12(19)13(25)7-10)9-3-5-14(11(18)6-9)26-15(20)21/h2-7,15,25H,8H2,1H3,(H2,22,23). The molecule has 0 radical (unpaired) electrons. The van der Waals surface area contributed by atoms with Crippen molar-refractivity contribution in [1.82, 2.24) is 4.90 Å². The molecule has 1 atom stereocenters. The van der Waals surface area contributed by atoms with E-state index in [0.717, 1.165) is 6.07 Å². The summed E-state index contributed by atoms with van der Waals surface area (Å²) in [4.78, 5) is 6.16. The van der Waals surface area contributed by atoms with Crippen LogP contribution in [0, 0.1) is 5.82 Å². The van der Waals surface area contributed by atoms with Crippen LogP contribution in [-0.2, 0) is 5.54 Å². The molecule has 0 aliphatic carbocycles. The predicted molar refractivity (Wildman–Crippen MR) is 91.2 cm³/mol. The molecule has 0 fully saturated rings. The van der Waals surface area contributed by atoms with E-state index in [1.165, 1.54) is 30.3 Å². The summed E-state index contributed by atoms with van der Waals surface area (Å²) >= 11 is 6.07. The number of phenols is 1. The van der Waals surface area contributed by atoms with Crippen molar-refractivity contribution in [3.8, 4) is 11.5 Å². The van der Waals surface area contributed by atoms with E-state index in [-0.39, 0.29) is 23.3 Å². The fraction of sp³-hybridized carbons (Fsp3) is 0.235. The van der Waals surface area contributed by atoms with Gasteiger partial charge in [0.05, 0.1) is 11.6 Å². The summed E-state index contributed by atoms with van der Waals surface area (Å²) in [6.07, 6.45) is 0. The van der Waals surface area contributed by atoms with Crippen LogP contribution in [0.1, 0.15) is 11.1 Å². The molecule has 2 aromatic carbocycles. The maximum Gasteiger partial charge on any atom is 0.387 e. The molecule has 3 N–H and O–H groups in total. The fourth-order valence-corrected chi connectivity index (χ4v) is 3.16. The first-order valence-electron chi connectivity index (χ1n) is 7.53. The van der Waals surface area contributed by atoms with E-state index in [1.807, 2.05) is 0 Å². The van der Waals surface area contributed by atoms with Crippen LogP contribution in [0.2, 0.25) is 5.02 Å². The lowest BCUT2D eigenvalue weighted by Gasteiger charge is -2.28. The lowest BCUT2D eigenvalue weighted by Crippen LogP contribution is -2.34.